The van der Waals surface area contributed by atoms with E-state index in [4.69, 9.17) is 16.3 Å². The monoisotopic (exact) mass is 598 g/mol. The molecule has 0 amide bonds. The van der Waals surface area contributed by atoms with Gasteiger partial charge in [-0.05, 0) is 12.1 Å². The highest BCUT2D eigenvalue weighted by molar-refractivity contribution is 6.32. The van der Waals surface area contributed by atoms with Crippen molar-refractivity contribution < 1.29 is 26.7 Å². The molecule has 0 spiro atoms. The van der Waals surface area contributed by atoms with Crippen LogP contribution in [-0.4, -0.2) is 38.2 Å². The summed E-state index contributed by atoms with van der Waals surface area (Å²) < 4.78 is 77.9. The molecule has 2 N–H and O–H groups in total. The van der Waals surface area contributed by atoms with Crippen molar-refractivity contribution >= 4 is 39.6 Å². The summed E-state index contributed by atoms with van der Waals surface area (Å²) >= 11 is 6.43. The first-order valence-corrected chi connectivity index (χ1v) is 12.6. The van der Waals surface area contributed by atoms with Crippen molar-refractivity contribution in [3.63, 3.8) is 0 Å². The molecule has 0 aliphatic carbocycles. The number of pyridine rings is 2. The molecule has 15 heteroatoms. The lowest BCUT2D eigenvalue weighted by molar-refractivity contribution is -0.0293. The van der Waals surface area contributed by atoms with Crippen LogP contribution in [0.5, 0.6) is 0 Å². The molecule has 1 atom stereocenters. The van der Waals surface area contributed by atoms with Gasteiger partial charge in [0, 0.05) is 34.8 Å². The number of nitrogens with zero attached hydrogens (tertiary/aromatic N) is 6. The van der Waals surface area contributed by atoms with E-state index in [0.717, 1.165) is 12.3 Å². The Hall–Kier alpha value is -4.87. The summed E-state index contributed by atoms with van der Waals surface area (Å²) in [5.74, 6) is -5.98. The fourth-order valence-corrected chi connectivity index (χ4v) is 4.71. The predicted molar refractivity (Wildman–Crippen MR) is 141 cm³/mol. The summed E-state index contributed by atoms with van der Waals surface area (Å²) in [5, 5.41) is 24.1. The number of rotatable bonds is 7. The first kappa shape index (κ1) is 27.3. The maximum Gasteiger partial charge on any atom is 0.249 e. The highest BCUT2D eigenvalue weighted by Crippen LogP contribution is 2.38. The number of benzene rings is 2. The average Bonchev–Trinajstić information content (AvgIpc) is 3.38. The van der Waals surface area contributed by atoms with Crippen LogP contribution in [0.3, 0.4) is 0 Å². The summed E-state index contributed by atoms with van der Waals surface area (Å²) in [6.07, 6.45) is 3.74. The van der Waals surface area contributed by atoms with E-state index in [2.05, 4.69) is 30.9 Å². The lowest BCUT2D eigenvalue weighted by Gasteiger charge is -2.25. The molecule has 1 saturated heterocycles. The minimum atomic E-state index is -1.34. The van der Waals surface area contributed by atoms with Crippen LogP contribution in [0.25, 0.3) is 10.9 Å². The molecule has 0 unspecified atom stereocenters. The van der Waals surface area contributed by atoms with Gasteiger partial charge in [-0.25, -0.2) is 27.2 Å². The van der Waals surface area contributed by atoms with Gasteiger partial charge in [-0.15, -0.1) is 5.10 Å². The fraction of sp³-hybridized carbons (Fsp3) is 0.148. The molecule has 1 aliphatic rings. The largest absolute Gasteiger partial charge is 0.377 e. The Balaban J connectivity index is 1.49. The second-order valence-corrected chi connectivity index (χ2v) is 9.74. The molecule has 5 aromatic rings. The van der Waals surface area contributed by atoms with Crippen LogP contribution in [0.1, 0.15) is 28.9 Å². The van der Waals surface area contributed by atoms with E-state index in [9.17, 15) is 18.4 Å². The zero-order valence-corrected chi connectivity index (χ0v) is 21.8. The number of hydrogen-bond donors (Lipinski definition) is 2. The molecule has 1 aliphatic heterocycles. The van der Waals surface area contributed by atoms with Crippen molar-refractivity contribution in [1.82, 2.24) is 25.0 Å². The SMILES string of the molecule is N#Cc1cnc2c(N[C@H](c3cn(C4COC4)nn3)c3c(F)cc(F)cc3F)cc(Cl)cc2c1Nc1cnc(F)c(F)c1. The maximum absolute atomic E-state index is 15.1. The molecule has 0 radical (unpaired) electrons. The molecule has 1 fully saturated rings. The molecule has 0 bridgehead atoms. The van der Waals surface area contributed by atoms with Gasteiger partial charge in [0.25, 0.3) is 0 Å². The van der Waals surface area contributed by atoms with Gasteiger partial charge in [0.2, 0.25) is 5.95 Å². The van der Waals surface area contributed by atoms with Crippen LogP contribution in [0.15, 0.2) is 48.9 Å². The van der Waals surface area contributed by atoms with E-state index >= 15 is 8.78 Å². The molecule has 3 aromatic heterocycles. The number of hydrogen-bond acceptors (Lipinski definition) is 8. The average molecular weight is 599 g/mol. The van der Waals surface area contributed by atoms with Gasteiger partial charge >= 0.3 is 0 Å². The number of halogens is 6. The van der Waals surface area contributed by atoms with E-state index in [1.54, 1.807) is 0 Å². The molecule has 212 valence electrons. The van der Waals surface area contributed by atoms with Crippen molar-refractivity contribution in [3.8, 4) is 6.07 Å². The van der Waals surface area contributed by atoms with Gasteiger partial charge in [-0.1, -0.05) is 16.8 Å². The standard InChI is InChI=1S/C27H16ClF5N8O/c28-13-1-17-24(37-15-5-20(32)27(33)36-8-15)12(6-34)7-35-25(17)21(2-13)38-26(23-18(30)3-14(29)4-19(23)31)22-9-41(40-39-22)16-10-42-11-16/h1-5,7-9,16,26,38H,10-11H2,(H,35,37)/t26-/m1/s1. The number of ether oxygens (including phenoxy) is 1. The van der Waals surface area contributed by atoms with E-state index in [-0.39, 0.29) is 50.3 Å². The normalized spacial score (nSPS) is 13.9. The number of nitriles is 1. The van der Waals surface area contributed by atoms with Crippen LogP contribution < -0.4 is 10.6 Å². The Morgan fingerprint density at radius 3 is 2.43 bits per heavy atom. The molecular formula is C27H16ClF5N8O. The summed E-state index contributed by atoms with van der Waals surface area (Å²) in [6.45, 7) is 0.765. The Morgan fingerprint density at radius 1 is 1.00 bits per heavy atom. The number of anilines is 3. The second-order valence-electron chi connectivity index (χ2n) is 9.30. The molecule has 6 rings (SSSR count). The van der Waals surface area contributed by atoms with Crippen LogP contribution in [0.2, 0.25) is 5.02 Å². The zero-order chi connectivity index (χ0) is 29.5. The first-order chi connectivity index (χ1) is 20.2. The third-order valence-corrected chi connectivity index (χ3v) is 6.79. The van der Waals surface area contributed by atoms with E-state index in [0.29, 0.717) is 25.3 Å². The molecule has 9 nitrogen and oxygen atoms in total. The minimum Gasteiger partial charge on any atom is -0.377 e. The Labute approximate surface area is 238 Å². The van der Waals surface area contributed by atoms with Crippen molar-refractivity contribution in [2.45, 2.75) is 12.1 Å². The molecule has 4 heterocycles. The van der Waals surface area contributed by atoms with Crippen LogP contribution in [0.4, 0.5) is 39.0 Å². The number of aromatic nitrogens is 5. The fourth-order valence-electron chi connectivity index (χ4n) is 4.49. The summed E-state index contributed by atoms with van der Waals surface area (Å²) in [4.78, 5) is 7.68. The maximum atomic E-state index is 15.1. The summed E-state index contributed by atoms with van der Waals surface area (Å²) in [7, 11) is 0. The van der Waals surface area contributed by atoms with Crippen LogP contribution in [-0.2, 0) is 4.74 Å². The van der Waals surface area contributed by atoms with Crippen molar-refractivity contribution in [2.24, 2.45) is 0 Å². The molecular weight excluding hydrogens is 583 g/mol. The second kappa shape index (κ2) is 10.8. The quantitative estimate of drug-likeness (QED) is 0.174. The van der Waals surface area contributed by atoms with Gasteiger partial charge in [-0.3, -0.25) is 4.98 Å². The van der Waals surface area contributed by atoms with Gasteiger partial charge < -0.3 is 15.4 Å². The number of nitrogens with one attached hydrogen (secondary N) is 2. The van der Waals surface area contributed by atoms with E-state index in [1.807, 2.05) is 6.07 Å². The summed E-state index contributed by atoms with van der Waals surface area (Å²) in [6, 6.07) is 5.35. The Kier molecular flexibility index (Phi) is 7.05. The Bertz CT molecular complexity index is 1870. The third kappa shape index (κ3) is 5.04. The topological polar surface area (TPSA) is 114 Å². The highest BCUT2D eigenvalue weighted by Gasteiger charge is 2.29. The van der Waals surface area contributed by atoms with E-state index in [1.165, 1.54) is 29.2 Å². The minimum absolute atomic E-state index is 0.0253. The van der Waals surface area contributed by atoms with E-state index < -0.39 is 40.8 Å². The lowest BCUT2D eigenvalue weighted by atomic mass is 10.0. The molecule has 42 heavy (non-hydrogen) atoms. The van der Waals surface area contributed by atoms with Crippen molar-refractivity contribution in [3.05, 3.63) is 100.0 Å². The van der Waals surface area contributed by atoms with Crippen molar-refractivity contribution in [2.75, 3.05) is 23.8 Å². The van der Waals surface area contributed by atoms with Crippen LogP contribution in [0, 0.1) is 40.5 Å². The van der Waals surface area contributed by atoms with Crippen molar-refractivity contribution in [1.29, 1.82) is 5.26 Å². The highest BCUT2D eigenvalue weighted by atomic mass is 35.5. The van der Waals surface area contributed by atoms with Gasteiger partial charge in [0.05, 0.1) is 59.3 Å². The third-order valence-electron chi connectivity index (χ3n) is 6.57. The first-order valence-electron chi connectivity index (χ1n) is 12.2. The van der Waals surface area contributed by atoms with Gasteiger partial charge in [-0.2, -0.15) is 9.65 Å². The van der Waals surface area contributed by atoms with Gasteiger partial charge in [0.15, 0.2) is 5.82 Å². The molecule has 2 aromatic carbocycles. The summed E-state index contributed by atoms with van der Waals surface area (Å²) in [5.41, 5.74) is 0.0795. The lowest BCUT2D eigenvalue weighted by Crippen LogP contribution is -2.31. The zero-order valence-electron chi connectivity index (χ0n) is 21.0. The Morgan fingerprint density at radius 2 is 1.76 bits per heavy atom. The predicted octanol–water partition coefficient (Wildman–Crippen LogP) is 5.96. The number of fused-ring (bicyclic) bond motifs is 1. The van der Waals surface area contributed by atoms with Crippen LogP contribution >= 0.6 is 11.6 Å². The smallest absolute Gasteiger partial charge is 0.249 e. The molecule has 0 saturated carbocycles. The van der Waals surface area contributed by atoms with Gasteiger partial charge in [0.1, 0.15) is 41.3 Å².